The number of fused-ring (bicyclic) bond motifs is 2. The molecule has 2 nitrogen and oxygen atoms in total. The molecule has 20 heavy (non-hydrogen) atoms. The zero-order valence-corrected chi connectivity index (χ0v) is 13.7. The molecular weight excluding hydrogens is 248 g/mol. The van der Waals surface area contributed by atoms with Crippen LogP contribution in [0.4, 0.5) is 0 Å². The lowest BCUT2D eigenvalue weighted by Crippen LogP contribution is -2.49. The maximum atomic E-state index is 11.3. The number of ether oxygens (including phenoxy) is 1. The monoisotopic (exact) mass is 280 g/mol. The minimum atomic E-state index is -0.422. The van der Waals surface area contributed by atoms with Crippen molar-refractivity contribution in [2.45, 2.75) is 84.3 Å². The van der Waals surface area contributed by atoms with Crippen LogP contribution in [-0.2, 0) is 4.74 Å². The first-order valence-electron chi connectivity index (χ1n) is 8.67. The van der Waals surface area contributed by atoms with Crippen LogP contribution in [0.1, 0.15) is 72.6 Å². The van der Waals surface area contributed by atoms with Crippen molar-refractivity contribution in [3.63, 3.8) is 0 Å². The van der Waals surface area contributed by atoms with Gasteiger partial charge in [0.2, 0.25) is 0 Å². The summed E-state index contributed by atoms with van der Waals surface area (Å²) in [5.74, 6) is 1.33. The molecule has 0 heterocycles. The summed E-state index contributed by atoms with van der Waals surface area (Å²) in [6.45, 7) is 10.2. The van der Waals surface area contributed by atoms with E-state index < -0.39 is 5.60 Å². The number of aliphatic hydroxyl groups is 1. The minimum absolute atomic E-state index is 0.338. The highest BCUT2D eigenvalue weighted by Crippen LogP contribution is 2.71. The molecule has 0 aromatic carbocycles. The van der Waals surface area contributed by atoms with Gasteiger partial charge in [0.15, 0.2) is 0 Å². The Labute approximate surface area is 124 Å². The molecule has 3 atom stereocenters. The van der Waals surface area contributed by atoms with Gasteiger partial charge in [-0.25, -0.2) is 0 Å². The van der Waals surface area contributed by atoms with E-state index >= 15 is 0 Å². The van der Waals surface area contributed by atoms with Gasteiger partial charge in [0.05, 0.1) is 11.7 Å². The highest BCUT2D eigenvalue weighted by molar-refractivity contribution is 5.15. The van der Waals surface area contributed by atoms with Crippen molar-refractivity contribution in [3.8, 4) is 0 Å². The summed E-state index contributed by atoms with van der Waals surface area (Å²) in [5.41, 5.74) is 0.323. The molecule has 0 unspecified atom stereocenters. The summed E-state index contributed by atoms with van der Waals surface area (Å²) >= 11 is 0. The van der Waals surface area contributed by atoms with Crippen LogP contribution < -0.4 is 0 Å². The largest absolute Gasteiger partial charge is 0.390 e. The topological polar surface area (TPSA) is 29.5 Å². The van der Waals surface area contributed by atoms with Crippen molar-refractivity contribution in [3.05, 3.63) is 0 Å². The van der Waals surface area contributed by atoms with Gasteiger partial charge in [0, 0.05) is 6.61 Å². The Morgan fingerprint density at radius 3 is 2.15 bits per heavy atom. The van der Waals surface area contributed by atoms with Gasteiger partial charge in [0.1, 0.15) is 0 Å². The van der Waals surface area contributed by atoms with Crippen LogP contribution in [0.25, 0.3) is 0 Å². The van der Waals surface area contributed by atoms with Crippen LogP contribution in [-0.4, -0.2) is 23.4 Å². The van der Waals surface area contributed by atoms with Crippen LogP contribution >= 0.6 is 0 Å². The van der Waals surface area contributed by atoms with Crippen LogP contribution in [0.5, 0.6) is 0 Å². The molecule has 3 fully saturated rings. The molecule has 3 saturated carbocycles. The molecule has 2 bridgehead atoms. The normalized spacial score (nSPS) is 50.5. The Bertz CT molecular complexity index is 368. The van der Waals surface area contributed by atoms with Crippen LogP contribution in [0.2, 0.25) is 0 Å². The van der Waals surface area contributed by atoms with E-state index in [1.54, 1.807) is 0 Å². The van der Waals surface area contributed by atoms with Crippen molar-refractivity contribution in [2.24, 2.45) is 22.7 Å². The molecule has 1 N–H and O–H groups in total. The zero-order valence-electron chi connectivity index (χ0n) is 13.7. The first-order chi connectivity index (χ1) is 9.33. The molecule has 2 heteroatoms. The van der Waals surface area contributed by atoms with Crippen molar-refractivity contribution in [2.75, 3.05) is 6.61 Å². The maximum Gasteiger partial charge on any atom is 0.0683 e. The van der Waals surface area contributed by atoms with Crippen molar-refractivity contribution < 1.29 is 9.84 Å². The summed E-state index contributed by atoms with van der Waals surface area (Å²) in [7, 11) is 0. The molecule has 3 rings (SSSR count). The summed E-state index contributed by atoms with van der Waals surface area (Å²) in [6, 6.07) is 0. The quantitative estimate of drug-likeness (QED) is 0.841. The van der Waals surface area contributed by atoms with Crippen molar-refractivity contribution >= 4 is 0 Å². The maximum absolute atomic E-state index is 11.3. The van der Waals surface area contributed by atoms with Crippen LogP contribution in [0.15, 0.2) is 0 Å². The molecule has 0 spiro atoms. The highest BCUT2D eigenvalue weighted by atomic mass is 16.5. The van der Waals surface area contributed by atoms with E-state index in [9.17, 15) is 5.11 Å². The molecule has 0 aliphatic heterocycles. The fraction of sp³-hybridized carbons (Fsp3) is 1.00. The van der Waals surface area contributed by atoms with E-state index in [2.05, 4.69) is 27.7 Å². The third-order valence-electron chi connectivity index (χ3n) is 7.64. The van der Waals surface area contributed by atoms with Crippen LogP contribution in [0.3, 0.4) is 0 Å². The lowest BCUT2D eigenvalue weighted by molar-refractivity contribution is -0.124. The average Bonchev–Trinajstić information content (AvgIpc) is 2.74. The van der Waals surface area contributed by atoms with E-state index in [-0.39, 0.29) is 0 Å². The Morgan fingerprint density at radius 1 is 1.05 bits per heavy atom. The van der Waals surface area contributed by atoms with E-state index in [0.717, 1.165) is 38.2 Å². The van der Waals surface area contributed by atoms with Crippen LogP contribution in [0, 0.1) is 22.7 Å². The summed E-state index contributed by atoms with van der Waals surface area (Å²) in [5, 5.41) is 11.3. The molecule has 0 amide bonds. The molecule has 0 aromatic heterocycles. The van der Waals surface area contributed by atoms with E-state index in [1.165, 1.54) is 19.3 Å². The first kappa shape index (κ1) is 14.8. The standard InChI is InChI=1S/C18H32O2/c1-5-20-14-7-10-18(19,11-8-14)15-12-13-6-9-17(15,4)16(13,2)3/h13-15,19H,5-12H2,1-4H3/t13-,14?,15-,17+,18?/m1/s1. The number of hydrogen-bond donors (Lipinski definition) is 1. The summed E-state index contributed by atoms with van der Waals surface area (Å²) in [4.78, 5) is 0. The molecular formula is C18H32O2. The SMILES string of the molecule is CCOC1CCC(O)([C@@H]2C[C@H]3CC[C@]2(C)C3(C)C)CC1. The Hall–Kier alpha value is -0.0800. The molecule has 116 valence electrons. The van der Waals surface area contributed by atoms with Gasteiger partial charge in [-0.15, -0.1) is 0 Å². The average molecular weight is 280 g/mol. The predicted octanol–water partition coefficient (Wildman–Crippen LogP) is 4.16. The smallest absolute Gasteiger partial charge is 0.0683 e. The molecule has 0 radical (unpaired) electrons. The van der Waals surface area contributed by atoms with Gasteiger partial charge >= 0.3 is 0 Å². The lowest BCUT2D eigenvalue weighted by Gasteiger charge is -2.49. The summed E-state index contributed by atoms with van der Waals surface area (Å²) in [6.07, 6.45) is 8.30. The number of hydrogen-bond acceptors (Lipinski definition) is 2. The Balaban J connectivity index is 1.75. The van der Waals surface area contributed by atoms with Gasteiger partial charge in [-0.2, -0.15) is 0 Å². The van der Waals surface area contributed by atoms with E-state index in [0.29, 0.717) is 22.9 Å². The van der Waals surface area contributed by atoms with E-state index in [4.69, 9.17) is 4.74 Å². The lowest BCUT2D eigenvalue weighted by atomic mass is 9.59. The zero-order chi connectivity index (χ0) is 14.6. The highest BCUT2D eigenvalue weighted by Gasteiger charge is 2.65. The molecule has 3 aliphatic carbocycles. The second-order valence-corrected chi connectivity index (χ2v) is 8.42. The third kappa shape index (κ3) is 1.90. The Morgan fingerprint density at radius 2 is 1.70 bits per heavy atom. The van der Waals surface area contributed by atoms with E-state index in [1.807, 2.05) is 0 Å². The first-order valence-corrected chi connectivity index (χ1v) is 8.67. The fourth-order valence-corrected chi connectivity index (χ4v) is 5.86. The molecule has 0 saturated heterocycles. The minimum Gasteiger partial charge on any atom is -0.390 e. The summed E-state index contributed by atoms with van der Waals surface area (Å²) < 4.78 is 5.76. The third-order valence-corrected chi connectivity index (χ3v) is 7.64. The second kappa shape index (κ2) is 4.71. The van der Waals surface area contributed by atoms with Gasteiger partial charge in [-0.05, 0) is 74.5 Å². The Kier molecular flexibility index (Phi) is 3.49. The van der Waals surface area contributed by atoms with Gasteiger partial charge in [-0.1, -0.05) is 20.8 Å². The molecule has 0 aromatic rings. The number of rotatable bonds is 3. The second-order valence-electron chi connectivity index (χ2n) is 8.42. The molecule has 3 aliphatic rings. The van der Waals surface area contributed by atoms with Crippen molar-refractivity contribution in [1.82, 2.24) is 0 Å². The fourth-order valence-electron chi connectivity index (χ4n) is 5.86. The van der Waals surface area contributed by atoms with Gasteiger partial charge in [0.25, 0.3) is 0 Å². The van der Waals surface area contributed by atoms with Crippen molar-refractivity contribution in [1.29, 1.82) is 0 Å². The van der Waals surface area contributed by atoms with Gasteiger partial charge in [-0.3, -0.25) is 0 Å². The van der Waals surface area contributed by atoms with Gasteiger partial charge < -0.3 is 9.84 Å². The predicted molar refractivity (Wildman–Crippen MR) is 81.6 cm³/mol.